The number of para-hydroxylation sites is 1. The van der Waals surface area contributed by atoms with Gasteiger partial charge in [-0.25, -0.2) is 0 Å². The fourth-order valence-electron chi connectivity index (χ4n) is 1.20. The van der Waals surface area contributed by atoms with Crippen LogP contribution in [0.3, 0.4) is 0 Å². The molecule has 1 rings (SSSR count). The lowest BCUT2D eigenvalue weighted by atomic mass is 10.3. The number of carbonyl (C=O) groups is 1. The Morgan fingerprint density at radius 1 is 1.44 bits per heavy atom. The molecule has 3 nitrogen and oxygen atoms in total. The van der Waals surface area contributed by atoms with Crippen LogP contribution >= 0.6 is 11.8 Å². The van der Waals surface area contributed by atoms with Crippen LogP contribution in [0.15, 0.2) is 30.3 Å². The second kappa shape index (κ2) is 7.30. The molecule has 16 heavy (non-hydrogen) atoms. The highest BCUT2D eigenvalue weighted by atomic mass is 32.2. The molecule has 0 fully saturated rings. The van der Waals surface area contributed by atoms with Crippen molar-refractivity contribution in [1.29, 1.82) is 0 Å². The normalized spacial score (nSPS) is 12.1. The topological polar surface area (TPSA) is 49.3 Å². The van der Waals surface area contributed by atoms with Crippen LogP contribution in [0.25, 0.3) is 0 Å². The minimum absolute atomic E-state index is 0.000916. The zero-order valence-corrected chi connectivity index (χ0v) is 10.2. The third kappa shape index (κ3) is 5.19. The third-order valence-electron chi connectivity index (χ3n) is 2.09. The molecule has 0 spiro atoms. The average molecular weight is 239 g/mol. The summed E-state index contributed by atoms with van der Waals surface area (Å²) in [6.07, 6.45) is 0.725. The summed E-state index contributed by atoms with van der Waals surface area (Å²) in [5.41, 5.74) is 0.822. The summed E-state index contributed by atoms with van der Waals surface area (Å²) in [7, 11) is 0. The van der Waals surface area contributed by atoms with E-state index in [1.54, 1.807) is 11.8 Å². The maximum Gasteiger partial charge on any atom is 0.234 e. The Labute approximate surface area is 100 Å². The van der Waals surface area contributed by atoms with Gasteiger partial charge in [0, 0.05) is 17.5 Å². The summed E-state index contributed by atoms with van der Waals surface area (Å²) in [6, 6.07) is 9.40. The standard InChI is InChI=1S/C12H17NO2S/c1-10(7-8-14)16-9-12(15)13-11-5-3-2-4-6-11/h2-6,10,14H,7-9H2,1H3,(H,13,15). The molecule has 1 amide bonds. The van der Waals surface area contributed by atoms with Crippen molar-refractivity contribution in [3.63, 3.8) is 0 Å². The molecule has 0 saturated carbocycles. The first-order chi connectivity index (χ1) is 7.72. The van der Waals surface area contributed by atoms with Crippen LogP contribution in [0.4, 0.5) is 5.69 Å². The number of benzene rings is 1. The Kier molecular flexibility index (Phi) is 5.96. The molecular weight excluding hydrogens is 222 g/mol. The van der Waals surface area contributed by atoms with E-state index in [1.165, 1.54) is 0 Å². The maximum absolute atomic E-state index is 11.5. The van der Waals surface area contributed by atoms with Gasteiger partial charge in [0.1, 0.15) is 0 Å². The summed E-state index contributed by atoms with van der Waals surface area (Å²) in [5.74, 6) is 0.428. The van der Waals surface area contributed by atoms with Crippen molar-refractivity contribution in [2.24, 2.45) is 0 Å². The van der Waals surface area contributed by atoms with Crippen molar-refractivity contribution in [2.45, 2.75) is 18.6 Å². The zero-order valence-electron chi connectivity index (χ0n) is 9.35. The van der Waals surface area contributed by atoms with E-state index in [1.807, 2.05) is 37.3 Å². The van der Waals surface area contributed by atoms with Crippen molar-refractivity contribution in [1.82, 2.24) is 0 Å². The number of hydrogen-bond acceptors (Lipinski definition) is 3. The van der Waals surface area contributed by atoms with Gasteiger partial charge in [0.2, 0.25) is 5.91 Å². The van der Waals surface area contributed by atoms with E-state index < -0.39 is 0 Å². The molecule has 0 aliphatic carbocycles. The van der Waals surface area contributed by atoms with Gasteiger partial charge in [0.25, 0.3) is 0 Å². The molecule has 2 N–H and O–H groups in total. The van der Waals surface area contributed by atoms with E-state index in [2.05, 4.69) is 5.32 Å². The smallest absolute Gasteiger partial charge is 0.234 e. The Hall–Kier alpha value is -1.00. The van der Waals surface area contributed by atoms with Crippen LogP contribution < -0.4 is 5.32 Å². The van der Waals surface area contributed by atoms with Gasteiger partial charge in [-0.05, 0) is 18.6 Å². The fraction of sp³-hybridized carbons (Fsp3) is 0.417. The predicted octanol–water partition coefficient (Wildman–Crippen LogP) is 2.13. The molecule has 1 unspecified atom stereocenters. The van der Waals surface area contributed by atoms with Gasteiger partial charge in [0.05, 0.1) is 5.75 Å². The summed E-state index contributed by atoms with van der Waals surface area (Å²) >= 11 is 1.56. The van der Waals surface area contributed by atoms with Crippen molar-refractivity contribution in [2.75, 3.05) is 17.7 Å². The van der Waals surface area contributed by atoms with E-state index in [-0.39, 0.29) is 12.5 Å². The molecule has 0 aliphatic heterocycles. The molecule has 1 atom stereocenters. The summed E-state index contributed by atoms with van der Waals surface area (Å²) in [4.78, 5) is 11.5. The molecule has 0 saturated heterocycles. The Morgan fingerprint density at radius 2 is 2.12 bits per heavy atom. The number of aliphatic hydroxyl groups excluding tert-OH is 1. The fourth-order valence-corrected chi connectivity index (χ4v) is 1.98. The largest absolute Gasteiger partial charge is 0.396 e. The lowest BCUT2D eigenvalue weighted by molar-refractivity contribution is -0.113. The summed E-state index contributed by atoms with van der Waals surface area (Å²) < 4.78 is 0. The van der Waals surface area contributed by atoms with E-state index in [0.717, 1.165) is 12.1 Å². The van der Waals surface area contributed by atoms with Gasteiger partial charge < -0.3 is 10.4 Å². The highest BCUT2D eigenvalue weighted by molar-refractivity contribution is 8.00. The Balaban J connectivity index is 2.26. The van der Waals surface area contributed by atoms with Gasteiger partial charge in [-0.15, -0.1) is 11.8 Å². The number of rotatable bonds is 6. The predicted molar refractivity (Wildman–Crippen MR) is 68.7 cm³/mol. The second-order valence-corrected chi connectivity index (χ2v) is 4.97. The average Bonchev–Trinajstić information content (AvgIpc) is 2.28. The summed E-state index contributed by atoms with van der Waals surface area (Å²) in [6.45, 7) is 2.19. The highest BCUT2D eigenvalue weighted by Crippen LogP contribution is 2.14. The van der Waals surface area contributed by atoms with Gasteiger partial charge >= 0.3 is 0 Å². The number of amides is 1. The minimum atomic E-state index is 0.000916. The first kappa shape index (κ1) is 13.1. The van der Waals surface area contributed by atoms with Gasteiger partial charge in [-0.3, -0.25) is 4.79 Å². The molecular formula is C12H17NO2S. The lowest BCUT2D eigenvalue weighted by Crippen LogP contribution is -2.16. The quantitative estimate of drug-likeness (QED) is 0.799. The van der Waals surface area contributed by atoms with Crippen LogP contribution in [-0.2, 0) is 4.79 Å². The molecule has 1 aromatic carbocycles. The van der Waals surface area contributed by atoms with Crippen LogP contribution in [0, 0.1) is 0 Å². The van der Waals surface area contributed by atoms with Crippen molar-refractivity contribution in [3.05, 3.63) is 30.3 Å². The van der Waals surface area contributed by atoms with E-state index in [4.69, 9.17) is 5.11 Å². The van der Waals surface area contributed by atoms with Crippen molar-refractivity contribution < 1.29 is 9.90 Å². The van der Waals surface area contributed by atoms with Crippen molar-refractivity contribution in [3.8, 4) is 0 Å². The maximum atomic E-state index is 11.5. The molecule has 88 valence electrons. The number of hydrogen-bond donors (Lipinski definition) is 2. The first-order valence-electron chi connectivity index (χ1n) is 5.29. The highest BCUT2D eigenvalue weighted by Gasteiger charge is 2.06. The third-order valence-corrected chi connectivity index (χ3v) is 3.33. The van der Waals surface area contributed by atoms with Crippen LogP contribution in [0.1, 0.15) is 13.3 Å². The molecule has 1 aromatic rings. The summed E-state index contributed by atoms with van der Waals surface area (Å²) in [5, 5.41) is 11.9. The molecule has 0 aliphatic rings. The number of nitrogens with one attached hydrogen (secondary N) is 1. The Bertz CT molecular complexity index is 316. The molecule has 0 heterocycles. The number of carbonyl (C=O) groups excluding carboxylic acids is 1. The van der Waals surface area contributed by atoms with Crippen LogP contribution in [0.5, 0.6) is 0 Å². The van der Waals surface area contributed by atoms with Crippen LogP contribution in [0.2, 0.25) is 0 Å². The van der Waals surface area contributed by atoms with Crippen LogP contribution in [-0.4, -0.2) is 28.6 Å². The number of anilines is 1. The molecule has 0 aromatic heterocycles. The molecule has 0 radical (unpaired) electrons. The second-order valence-electron chi connectivity index (χ2n) is 3.55. The number of thioether (sulfide) groups is 1. The van der Waals surface area contributed by atoms with Gasteiger partial charge in [0.15, 0.2) is 0 Å². The first-order valence-corrected chi connectivity index (χ1v) is 6.34. The van der Waals surface area contributed by atoms with Crippen molar-refractivity contribution >= 4 is 23.4 Å². The Morgan fingerprint density at radius 3 is 2.75 bits per heavy atom. The minimum Gasteiger partial charge on any atom is -0.396 e. The van der Waals surface area contributed by atoms with Gasteiger partial charge in [-0.1, -0.05) is 25.1 Å². The van der Waals surface area contributed by atoms with E-state index in [9.17, 15) is 4.79 Å². The molecule has 0 bridgehead atoms. The number of aliphatic hydroxyl groups is 1. The van der Waals surface area contributed by atoms with Gasteiger partial charge in [-0.2, -0.15) is 0 Å². The SMILES string of the molecule is CC(CCO)SCC(=O)Nc1ccccc1. The lowest BCUT2D eigenvalue weighted by Gasteiger charge is -2.09. The van der Waals surface area contributed by atoms with E-state index >= 15 is 0 Å². The zero-order chi connectivity index (χ0) is 11.8. The monoisotopic (exact) mass is 239 g/mol. The van der Waals surface area contributed by atoms with E-state index in [0.29, 0.717) is 11.0 Å². The molecule has 4 heteroatoms.